The van der Waals surface area contributed by atoms with E-state index < -0.39 is 18.6 Å². The summed E-state index contributed by atoms with van der Waals surface area (Å²) in [4.78, 5) is 12.1. The van der Waals surface area contributed by atoms with Crippen molar-refractivity contribution >= 4 is 5.91 Å². The van der Waals surface area contributed by atoms with Crippen molar-refractivity contribution in [3.63, 3.8) is 0 Å². The van der Waals surface area contributed by atoms with Gasteiger partial charge in [-0.2, -0.15) is 13.2 Å². The summed E-state index contributed by atoms with van der Waals surface area (Å²) in [6, 6.07) is 0. The second-order valence-corrected chi connectivity index (χ2v) is 3.62. The predicted molar refractivity (Wildman–Crippen MR) is 47.8 cm³/mol. The number of nitrogens with zero attached hydrogens (tertiary/aromatic N) is 1. The Morgan fingerprint density at radius 1 is 1.36 bits per heavy atom. The Hall–Kier alpha value is -0.740. The molecule has 5 heteroatoms. The maximum absolute atomic E-state index is 12.0. The van der Waals surface area contributed by atoms with Crippen LogP contribution in [0.1, 0.15) is 27.2 Å². The van der Waals surface area contributed by atoms with Crippen molar-refractivity contribution in [3.8, 4) is 0 Å². The molecule has 84 valence electrons. The molecule has 14 heavy (non-hydrogen) atoms. The SMILES string of the molecule is CCN(CC(F)(F)F)C(=O)CC(C)C. The molecule has 0 saturated heterocycles. The molecule has 0 rings (SSSR count). The monoisotopic (exact) mass is 211 g/mol. The molecule has 0 fully saturated rings. The quantitative estimate of drug-likeness (QED) is 0.699. The first-order valence-corrected chi connectivity index (χ1v) is 4.60. The minimum Gasteiger partial charge on any atom is -0.334 e. The van der Waals surface area contributed by atoms with Gasteiger partial charge in [-0.05, 0) is 12.8 Å². The fourth-order valence-electron chi connectivity index (χ4n) is 1.07. The molecule has 0 bridgehead atoms. The minimum absolute atomic E-state index is 0.0878. The van der Waals surface area contributed by atoms with Gasteiger partial charge in [0.05, 0.1) is 0 Å². The van der Waals surface area contributed by atoms with Gasteiger partial charge in [-0.3, -0.25) is 4.79 Å². The number of amides is 1. The Morgan fingerprint density at radius 2 is 1.86 bits per heavy atom. The molecule has 1 amide bonds. The number of carbonyl (C=O) groups is 1. The first-order chi connectivity index (χ1) is 6.26. The van der Waals surface area contributed by atoms with E-state index in [-0.39, 0.29) is 18.9 Å². The first-order valence-electron chi connectivity index (χ1n) is 4.60. The summed E-state index contributed by atoms with van der Waals surface area (Å²) in [6.45, 7) is 4.11. The molecule has 0 N–H and O–H groups in total. The van der Waals surface area contributed by atoms with Gasteiger partial charge >= 0.3 is 6.18 Å². The Balaban J connectivity index is 4.20. The lowest BCUT2D eigenvalue weighted by Gasteiger charge is -2.23. The number of halogens is 3. The zero-order valence-corrected chi connectivity index (χ0v) is 8.69. The van der Waals surface area contributed by atoms with Crippen molar-refractivity contribution < 1.29 is 18.0 Å². The summed E-state index contributed by atoms with van der Waals surface area (Å²) in [5, 5.41) is 0. The highest BCUT2D eigenvalue weighted by Crippen LogP contribution is 2.17. The van der Waals surface area contributed by atoms with Gasteiger partial charge in [0.2, 0.25) is 5.91 Å². The van der Waals surface area contributed by atoms with Crippen molar-refractivity contribution in [2.75, 3.05) is 13.1 Å². The lowest BCUT2D eigenvalue weighted by atomic mass is 10.1. The molecule has 0 aliphatic rings. The fraction of sp³-hybridized carbons (Fsp3) is 0.889. The van der Waals surface area contributed by atoms with Crippen LogP contribution < -0.4 is 0 Å². The lowest BCUT2D eigenvalue weighted by molar-refractivity contribution is -0.161. The largest absolute Gasteiger partial charge is 0.406 e. The molecule has 0 unspecified atom stereocenters. The van der Waals surface area contributed by atoms with Crippen LogP contribution >= 0.6 is 0 Å². The summed E-state index contributed by atoms with van der Waals surface area (Å²) in [6.07, 6.45) is -4.13. The lowest BCUT2D eigenvalue weighted by Crippen LogP contribution is -2.39. The van der Waals surface area contributed by atoms with Gasteiger partial charge in [0.15, 0.2) is 0 Å². The Kier molecular flexibility index (Phi) is 4.94. The van der Waals surface area contributed by atoms with Crippen molar-refractivity contribution in [1.29, 1.82) is 0 Å². The van der Waals surface area contributed by atoms with Crippen LogP contribution in [0.4, 0.5) is 13.2 Å². The van der Waals surface area contributed by atoms with Crippen LogP contribution in [0.3, 0.4) is 0 Å². The molecule has 0 aliphatic carbocycles. The predicted octanol–water partition coefficient (Wildman–Crippen LogP) is 2.44. The highest BCUT2D eigenvalue weighted by Gasteiger charge is 2.32. The molecule has 0 atom stereocenters. The van der Waals surface area contributed by atoms with E-state index in [2.05, 4.69) is 0 Å². The molecular formula is C9H16F3NO. The zero-order valence-electron chi connectivity index (χ0n) is 8.69. The molecule has 0 spiro atoms. The normalized spacial score (nSPS) is 11.9. The van der Waals surface area contributed by atoms with Crippen LogP contribution in [0.15, 0.2) is 0 Å². The van der Waals surface area contributed by atoms with Gasteiger partial charge in [0, 0.05) is 13.0 Å². The summed E-state index contributed by atoms with van der Waals surface area (Å²) >= 11 is 0. The van der Waals surface area contributed by atoms with Crippen molar-refractivity contribution in [1.82, 2.24) is 4.90 Å². The third-order valence-electron chi connectivity index (χ3n) is 1.69. The highest BCUT2D eigenvalue weighted by atomic mass is 19.4. The van der Waals surface area contributed by atoms with E-state index in [4.69, 9.17) is 0 Å². The number of rotatable bonds is 4. The molecule has 2 nitrogen and oxygen atoms in total. The summed E-state index contributed by atoms with van der Waals surface area (Å²) in [7, 11) is 0. The van der Waals surface area contributed by atoms with Crippen molar-refractivity contribution in [2.24, 2.45) is 5.92 Å². The van der Waals surface area contributed by atoms with Crippen LogP contribution in [-0.4, -0.2) is 30.1 Å². The fourth-order valence-corrected chi connectivity index (χ4v) is 1.07. The highest BCUT2D eigenvalue weighted by molar-refractivity contribution is 5.76. The van der Waals surface area contributed by atoms with E-state index in [1.54, 1.807) is 20.8 Å². The van der Waals surface area contributed by atoms with E-state index in [9.17, 15) is 18.0 Å². The molecular weight excluding hydrogens is 195 g/mol. The second kappa shape index (κ2) is 5.22. The van der Waals surface area contributed by atoms with Crippen LogP contribution in [0.5, 0.6) is 0 Å². The molecule has 0 saturated carbocycles. The third kappa shape index (κ3) is 5.83. The maximum atomic E-state index is 12.0. The first kappa shape index (κ1) is 13.3. The Morgan fingerprint density at radius 3 is 2.14 bits per heavy atom. The summed E-state index contributed by atoms with van der Waals surface area (Å²) in [5.74, 6) is -0.343. The van der Waals surface area contributed by atoms with Gasteiger partial charge in [-0.25, -0.2) is 0 Å². The van der Waals surface area contributed by atoms with E-state index in [1.165, 1.54) is 0 Å². The van der Waals surface area contributed by atoms with Crippen LogP contribution in [0, 0.1) is 5.92 Å². The van der Waals surface area contributed by atoms with Gasteiger partial charge in [0.25, 0.3) is 0 Å². The number of alkyl halides is 3. The van der Waals surface area contributed by atoms with Crippen molar-refractivity contribution in [3.05, 3.63) is 0 Å². The topological polar surface area (TPSA) is 20.3 Å². The van der Waals surface area contributed by atoms with Gasteiger partial charge in [-0.15, -0.1) is 0 Å². The van der Waals surface area contributed by atoms with Gasteiger partial charge in [0.1, 0.15) is 6.54 Å². The molecule has 0 radical (unpaired) electrons. The molecule has 0 aromatic carbocycles. The maximum Gasteiger partial charge on any atom is 0.406 e. The number of hydrogen-bond acceptors (Lipinski definition) is 1. The van der Waals surface area contributed by atoms with E-state index >= 15 is 0 Å². The number of hydrogen-bond donors (Lipinski definition) is 0. The van der Waals surface area contributed by atoms with Crippen LogP contribution in [0.25, 0.3) is 0 Å². The Bertz CT molecular complexity index is 189. The minimum atomic E-state index is -4.30. The number of carbonyl (C=O) groups excluding carboxylic acids is 1. The molecule has 0 aromatic rings. The van der Waals surface area contributed by atoms with E-state index in [0.717, 1.165) is 4.90 Å². The smallest absolute Gasteiger partial charge is 0.334 e. The average molecular weight is 211 g/mol. The standard InChI is InChI=1S/C9H16F3NO/c1-4-13(6-9(10,11)12)8(14)5-7(2)3/h7H,4-6H2,1-3H3. The van der Waals surface area contributed by atoms with Gasteiger partial charge in [-0.1, -0.05) is 13.8 Å². The zero-order chi connectivity index (χ0) is 11.4. The summed E-state index contributed by atoms with van der Waals surface area (Å²) < 4.78 is 36.0. The van der Waals surface area contributed by atoms with E-state index in [0.29, 0.717) is 0 Å². The molecule has 0 heterocycles. The second-order valence-electron chi connectivity index (χ2n) is 3.62. The van der Waals surface area contributed by atoms with E-state index in [1.807, 2.05) is 0 Å². The average Bonchev–Trinajstić information content (AvgIpc) is 1.96. The molecule has 0 aromatic heterocycles. The third-order valence-corrected chi connectivity index (χ3v) is 1.69. The van der Waals surface area contributed by atoms with Crippen LogP contribution in [0.2, 0.25) is 0 Å². The van der Waals surface area contributed by atoms with Crippen molar-refractivity contribution in [2.45, 2.75) is 33.4 Å². The summed E-state index contributed by atoms with van der Waals surface area (Å²) in [5.41, 5.74) is 0. The van der Waals surface area contributed by atoms with Gasteiger partial charge < -0.3 is 4.90 Å². The van der Waals surface area contributed by atoms with Crippen LogP contribution in [-0.2, 0) is 4.79 Å². The molecule has 0 aliphatic heterocycles. The Labute approximate surface area is 82.1 Å².